The van der Waals surface area contributed by atoms with E-state index in [1.54, 1.807) is 0 Å². The molecule has 0 amide bonds. The number of aromatic nitrogens is 2. The molecule has 0 saturated heterocycles. The molecule has 31 heavy (non-hydrogen) atoms. The first kappa shape index (κ1) is 17.8. The summed E-state index contributed by atoms with van der Waals surface area (Å²) in [6.45, 7) is 3.13. The van der Waals surface area contributed by atoms with Crippen LogP contribution >= 0.6 is 0 Å². The van der Waals surface area contributed by atoms with Gasteiger partial charge in [0.15, 0.2) is 5.76 Å². The molecule has 0 radical (unpaired) electrons. The molecule has 0 saturated carbocycles. The van der Waals surface area contributed by atoms with Crippen molar-refractivity contribution in [3.63, 3.8) is 0 Å². The number of anilines is 2. The normalized spacial score (nSPS) is 11.5. The molecule has 1 N–H and O–H groups in total. The van der Waals surface area contributed by atoms with Crippen molar-refractivity contribution in [3.05, 3.63) is 91.0 Å². The predicted molar refractivity (Wildman–Crippen MR) is 128 cm³/mol. The summed E-state index contributed by atoms with van der Waals surface area (Å²) in [4.78, 5) is 4.79. The third kappa shape index (κ3) is 2.96. The first-order valence-corrected chi connectivity index (χ1v) is 10.5. The molecule has 0 aliphatic rings. The maximum atomic E-state index is 5.99. The average molecular weight is 403 g/mol. The van der Waals surface area contributed by atoms with Crippen LogP contribution in [0.5, 0.6) is 0 Å². The fourth-order valence-corrected chi connectivity index (χ4v) is 4.37. The lowest BCUT2D eigenvalue weighted by molar-refractivity contribution is 0.629. The van der Waals surface area contributed by atoms with E-state index >= 15 is 0 Å². The number of furan rings is 1. The number of aryl methyl sites for hydroxylation is 1. The Morgan fingerprint density at radius 2 is 1.65 bits per heavy atom. The van der Waals surface area contributed by atoms with Crippen molar-refractivity contribution in [3.8, 4) is 11.5 Å². The monoisotopic (exact) mass is 403 g/mol. The van der Waals surface area contributed by atoms with Gasteiger partial charge in [-0.3, -0.25) is 0 Å². The van der Waals surface area contributed by atoms with Crippen molar-refractivity contribution in [1.29, 1.82) is 0 Å². The smallest absolute Gasteiger partial charge is 0.153 e. The minimum Gasteiger partial charge on any atom is -0.454 e. The SMILES string of the molecule is CCn1c2ccccc2c2cc(Nc3cccc(-c4cc5ccccc5o4)n3)ccc21. The Labute approximate surface area is 179 Å². The van der Waals surface area contributed by atoms with Crippen LogP contribution in [0, 0.1) is 0 Å². The zero-order valence-electron chi connectivity index (χ0n) is 17.2. The molecule has 3 heterocycles. The van der Waals surface area contributed by atoms with E-state index in [1.807, 2.05) is 48.5 Å². The van der Waals surface area contributed by atoms with E-state index < -0.39 is 0 Å². The second-order valence-corrected chi connectivity index (χ2v) is 7.67. The van der Waals surface area contributed by atoms with Gasteiger partial charge in [-0.2, -0.15) is 0 Å². The lowest BCUT2D eigenvalue weighted by Crippen LogP contribution is -1.95. The molecule has 4 nitrogen and oxygen atoms in total. The Kier molecular flexibility index (Phi) is 4.03. The number of fused-ring (bicyclic) bond motifs is 4. The molecular weight excluding hydrogens is 382 g/mol. The van der Waals surface area contributed by atoms with Gasteiger partial charge in [-0.05, 0) is 55.5 Å². The Morgan fingerprint density at radius 1 is 0.806 bits per heavy atom. The number of nitrogens with zero attached hydrogens (tertiary/aromatic N) is 2. The first-order chi connectivity index (χ1) is 15.3. The summed E-state index contributed by atoms with van der Waals surface area (Å²) in [5, 5.41) is 7.07. The lowest BCUT2D eigenvalue weighted by atomic mass is 10.1. The summed E-state index contributed by atoms with van der Waals surface area (Å²) < 4.78 is 8.34. The van der Waals surface area contributed by atoms with Crippen molar-refractivity contribution in [2.75, 3.05) is 5.32 Å². The van der Waals surface area contributed by atoms with Crippen LogP contribution in [0.1, 0.15) is 6.92 Å². The molecule has 6 rings (SSSR count). The molecule has 3 aromatic carbocycles. The van der Waals surface area contributed by atoms with Crippen molar-refractivity contribution in [2.45, 2.75) is 13.5 Å². The zero-order chi connectivity index (χ0) is 20.8. The van der Waals surface area contributed by atoms with Gasteiger partial charge in [0.1, 0.15) is 17.1 Å². The zero-order valence-corrected chi connectivity index (χ0v) is 17.2. The summed E-state index contributed by atoms with van der Waals surface area (Å²) in [7, 11) is 0. The van der Waals surface area contributed by atoms with Crippen LogP contribution in [0.15, 0.2) is 95.4 Å². The standard InChI is InChI=1S/C27H21N3O/c1-2-30-23-11-5-4-9-20(23)21-17-19(14-15-24(21)30)28-27-13-7-10-22(29-27)26-16-18-8-3-6-12-25(18)31-26/h3-17H,2H2,1H3,(H,28,29). The fraction of sp³-hybridized carbons (Fsp3) is 0.0741. The molecule has 0 aliphatic carbocycles. The maximum absolute atomic E-state index is 5.99. The van der Waals surface area contributed by atoms with Crippen LogP contribution in [0.2, 0.25) is 0 Å². The Morgan fingerprint density at radius 3 is 2.55 bits per heavy atom. The van der Waals surface area contributed by atoms with Crippen molar-refractivity contribution < 1.29 is 4.42 Å². The fourth-order valence-electron chi connectivity index (χ4n) is 4.37. The Hall–Kier alpha value is -4.05. The van der Waals surface area contributed by atoms with E-state index in [-0.39, 0.29) is 0 Å². The summed E-state index contributed by atoms with van der Waals surface area (Å²) in [5.74, 6) is 1.56. The molecule has 0 fully saturated rings. The highest BCUT2D eigenvalue weighted by molar-refractivity contribution is 6.09. The second kappa shape index (κ2) is 7.03. The van der Waals surface area contributed by atoms with Gasteiger partial charge < -0.3 is 14.3 Å². The third-order valence-corrected chi connectivity index (χ3v) is 5.79. The molecular formula is C27H21N3O. The van der Waals surface area contributed by atoms with Gasteiger partial charge in [0, 0.05) is 39.4 Å². The van der Waals surface area contributed by atoms with E-state index in [0.717, 1.165) is 40.5 Å². The summed E-state index contributed by atoms with van der Waals surface area (Å²) >= 11 is 0. The highest BCUT2D eigenvalue weighted by Gasteiger charge is 2.11. The van der Waals surface area contributed by atoms with Gasteiger partial charge in [0.05, 0.1) is 0 Å². The lowest BCUT2D eigenvalue weighted by Gasteiger charge is -2.08. The molecule has 0 bridgehead atoms. The number of hydrogen-bond acceptors (Lipinski definition) is 3. The van der Waals surface area contributed by atoms with Crippen molar-refractivity contribution >= 4 is 44.3 Å². The first-order valence-electron chi connectivity index (χ1n) is 10.5. The number of rotatable bonds is 4. The van der Waals surface area contributed by atoms with E-state index in [0.29, 0.717) is 0 Å². The summed E-state index contributed by atoms with van der Waals surface area (Å²) in [6.07, 6.45) is 0. The third-order valence-electron chi connectivity index (χ3n) is 5.79. The predicted octanol–water partition coefficient (Wildman–Crippen LogP) is 7.37. The molecule has 4 heteroatoms. The van der Waals surface area contributed by atoms with E-state index in [4.69, 9.17) is 9.40 Å². The summed E-state index contributed by atoms with van der Waals surface area (Å²) in [5.41, 5.74) is 5.21. The van der Waals surface area contributed by atoms with E-state index in [1.165, 1.54) is 21.8 Å². The quantitative estimate of drug-likeness (QED) is 0.334. The number of benzene rings is 3. The van der Waals surface area contributed by atoms with Gasteiger partial charge in [-0.1, -0.05) is 42.5 Å². The largest absolute Gasteiger partial charge is 0.454 e. The molecule has 3 aromatic heterocycles. The molecule has 0 aliphatic heterocycles. The maximum Gasteiger partial charge on any atom is 0.153 e. The molecule has 150 valence electrons. The Balaban J connectivity index is 1.38. The van der Waals surface area contributed by atoms with E-state index in [9.17, 15) is 0 Å². The topological polar surface area (TPSA) is 43.0 Å². The van der Waals surface area contributed by atoms with Crippen molar-refractivity contribution in [2.24, 2.45) is 0 Å². The van der Waals surface area contributed by atoms with Gasteiger partial charge in [-0.15, -0.1) is 0 Å². The number of nitrogens with one attached hydrogen (secondary N) is 1. The van der Waals surface area contributed by atoms with Crippen LogP contribution < -0.4 is 5.32 Å². The van der Waals surface area contributed by atoms with Gasteiger partial charge in [0.2, 0.25) is 0 Å². The van der Waals surface area contributed by atoms with Crippen LogP contribution in [0.25, 0.3) is 44.2 Å². The number of pyridine rings is 1. The molecule has 0 atom stereocenters. The van der Waals surface area contributed by atoms with Gasteiger partial charge in [-0.25, -0.2) is 4.98 Å². The van der Waals surface area contributed by atoms with E-state index in [2.05, 4.69) is 59.3 Å². The van der Waals surface area contributed by atoms with Crippen LogP contribution in [0.4, 0.5) is 11.5 Å². The second-order valence-electron chi connectivity index (χ2n) is 7.67. The number of hydrogen-bond donors (Lipinski definition) is 1. The minimum atomic E-state index is 0.770. The number of para-hydroxylation sites is 2. The van der Waals surface area contributed by atoms with Gasteiger partial charge >= 0.3 is 0 Å². The minimum absolute atomic E-state index is 0.770. The highest BCUT2D eigenvalue weighted by atomic mass is 16.3. The average Bonchev–Trinajstić information content (AvgIpc) is 3.38. The van der Waals surface area contributed by atoms with Crippen LogP contribution in [0.3, 0.4) is 0 Å². The van der Waals surface area contributed by atoms with Crippen molar-refractivity contribution in [1.82, 2.24) is 9.55 Å². The van der Waals surface area contributed by atoms with Crippen LogP contribution in [-0.4, -0.2) is 9.55 Å². The molecule has 0 spiro atoms. The highest BCUT2D eigenvalue weighted by Crippen LogP contribution is 2.32. The Bertz CT molecular complexity index is 1520. The molecule has 0 unspecified atom stereocenters. The molecule has 6 aromatic rings. The summed E-state index contributed by atoms with van der Waals surface area (Å²) in [6, 6.07) is 31.1. The van der Waals surface area contributed by atoms with Gasteiger partial charge in [0.25, 0.3) is 0 Å². The van der Waals surface area contributed by atoms with Crippen LogP contribution in [-0.2, 0) is 6.54 Å².